The van der Waals surface area contributed by atoms with Crippen LogP contribution in [0.4, 0.5) is 0 Å². The normalized spacial score (nSPS) is 19.8. The van der Waals surface area contributed by atoms with Gasteiger partial charge in [0.1, 0.15) is 0 Å². The van der Waals surface area contributed by atoms with E-state index >= 15 is 0 Å². The number of amides is 2. The SMILES string of the molecule is COc1ccc2c(c1OC)CCCC2NC(=O)CN1CCCC1=O. The molecule has 0 bridgehead atoms. The highest BCUT2D eigenvalue weighted by molar-refractivity contribution is 5.86. The fourth-order valence-corrected chi connectivity index (χ4v) is 3.66. The van der Waals surface area contributed by atoms with E-state index in [1.807, 2.05) is 12.1 Å². The van der Waals surface area contributed by atoms with E-state index in [9.17, 15) is 9.59 Å². The van der Waals surface area contributed by atoms with Gasteiger partial charge in [-0.25, -0.2) is 0 Å². The van der Waals surface area contributed by atoms with E-state index in [1.165, 1.54) is 0 Å². The van der Waals surface area contributed by atoms with E-state index in [4.69, 9.17) is 9.47 Å². The number of benzene rings is 1. The van der Waals surface area contributed by atoms with Gasteiger partial charge in [0, 0.05) is 18.5 Å². The Morgan fingerprint density at radius 2 is 2.08 bits per heavy atom. The maximum absolute atomic E-state index is 12.3. The van der Waals surface area contributed by atoms with Gasteiger partial charge in [0.05, 0.1) is 26.8 Å². The van der Waals surface area contributed by atoms with Crippen LogP contribution in [-0.4, -0.2) is 44.0 Å². The van der Waals surface area contributed by atoms with Crippen LogP contribution in [0.2, 0.25) is 0 Å². The number of methoxy groups -OCH3 is 2. The highest BCUT2D eigenvalue weighted by atomic mass is 16.5. The summed E-state index contributed by atoms with van der Waals surface area (Å²) in [5.41, 5.74) is 2.19. The Hall–Kier alpha value is -2.24. The lowest BCUT2D eigenvalue weighted by atomic mass is 9.86. The summed E-state index contributed by atoms with van der Waals surface area (Å²) < 4.78 is 10.9. The molecule has 6 nitrogen and oxygen atoms in total. The summed E-state index contributed by atoms with van der Waals surface area (Å²) >= 11 is 0. The first kappa shape index (κ1) is 16.6. The fraction of sp³-hybridized carbons (Fsp3) is 0.556. The zero-order valence-electron chi connectivity index (χ0n) is 14.3. The van der Waals surface area contributed by atoms with Crippen LogP contribution in [0.3, 0.4) is 0 Å². The number of fused-ring (bicyclic) bond motifs is 1. The van der Waals surface area contributed by atoms with Crippen LogP contribution in [0.25, 0.3) is 0 Å². The molecular formula is C18H24N2O4. The molecule has 2 aliphatic rings. The van der Waals surface area contributed by atoms with Crippen molar-refractivity contribution in [3.05, 3.63) is 23.3 Å². The first-order valence-electron chi connectivity index (χ1n) is 8.45. The Morgan fingerprint density at radius 1 is 1.25 bits per heavy atom. The van der Waals surface area contributed by atoms with E-state index < -0.39 is 0 Å². The lowest BCUT2D eigenvalue weighted by molar-refractivity contribution is -0.133. The molecule has 1 heterocycles. The third-order valence-corrected chi connectivity index (χ3v) is 4.82. The second-order valence-electron chi connectivity index (χ2n) is 6.30. The summed E-state index contributed by atoms with van der Waals surface area (Å²) in [7, 11) is 3.26. The van der Waals surface area contributed by atoms with Crippen LogP contribution in [0.1, 0.15) is 42.9 Å². The number of ether oxygens (including phenoxy) is 2. The van der Waals surface area contributed by atoms with Crippen LogP contribution in [0.5, 0.6) is 11.5 Å². The number of nitrogens with zero attached hydrogens (tertiary/aromatic N) is 1. The lowest BCUT2D eigenvalue weighted by Crippen LogP contribution is -2.40. The summed E-state index contributed by atoms with van der Waals surface area (Å²) in [6.45, 7) is 0.830. The Labute approximate surface area is 142 Å². The molecule has 1 N–H and O–H groups in total. The minimum Gasteiger partial charge on any atom is -0.493 e. The van der Waals surface area contributed by atoms with Crippen LogP contribution in [-0.2, 0) is 16.0 Å². The molecule has 0 saturated carbocycles. The van der Waals surface area contributed by atoms with E-state index in [0.717, 1.165) is 42.6 Å². The van der Waals surface area contributed by atoms with Crippen molar-refractivity contribution in [3.8, 4) is 11.5 Å². The quantitative estimate of drug-likeness (QED) is 0.893. The lowest BCUT2D eigenvalue weighted by Gasteiger charge is -2.29. The fourth-order valence-electron chi connectivity index (χ4n) is 3.66. The summed E-state index contributed by atoms with van der Waals surface area (Å²) in [5, 5.41) is 3.08. The maximum Gasteiger partial charge on any atom is 0.240 e. The highest BCUT2D eigenvalue weighted by Gasteiger charge is 2.28. The number of nitrogens with one attached hydrogen (secondary N) is 1. The number of likely N-dealkylation sites (tertiary alicyclic amines) is 1. The first-order chi connectivity index (χ1) is 11.6. The molecule has 1 aliphatic carbocycles. The van der Waals surface area contributed by atoms with Gasteiger partial charge in [-0.15, -0.1) is 0 Å². The number of hydrogen-bond acceptors (Lipinski definition) is 4. The third-order valence-electron chi connectivity index (χ3n) is 4.82. The highest BCUT2D eigenvalue weighted by Crippen LogP contribution is 2.40. The number of hydrogen-bond donors (Lipinski definition) is 1. The third kappa shape index (κ3) is 3.18. The molecule has 1 aromatic carbocycles. The number of rotatable bonds is 5. The van der Waals surface area contributed by atoms with E-state index in [-0.39, 0.29) is 24.4 Å². The Bertz CT molecular complexity index is 644. The second-order valence-corrected chi connectivity index (χ2v) is 6.30. The van der Waals surface area contributed by atoms with Crippen molar-refractivity contribution in [1.82, 2.24) is 10.2 Å². The standard InChI is InChI=1S/C18H24N2O4/c1-23-15-9-8-12-13(18(15)24-2)5-3-6-14(12)19-16(21)11-20-10-4-7-17(20)22/h8-9,14H,3-7,10-11H2,1-2H3,(H,19,21). The molecule has 2 amide bonds. The van der Waals surface area contributed by atoms with Gasteiger partial charge >= 0.3 is 0 Å². The van der Waals surface area contributed by atoms with Gasteiger partial charge in [-0.1, -0.05) is 6.07 Å². The van der Waals surface area contributed by atoms with Crippen molar-refractivity contribution in [1.29, 1.82) is 0 Å². The van der Waals surface area contributed by atoms with Crippen LogP contribution >= 0.6 is 0 Å². The first-order valence-corrected chi connectivity index (χ1v) is 8.45. The zero-order valence-corrected chi connectivity index (χ0v) is 14.3. The number of carbonyl (C=O) groups is 2. The molecule has 1 aromatic rings. The molecule has 130 valence electrons. The summed E-state index contributed by atoms with van der Waals surface area (Å²) in [4.78, 5) is 25.6. The van der Waals surface area contributed by atoms with Crippen molar-refractivity contribution in [3.63, 3.8) is 0 Å². The summed E-state index contributed by atoms with van der Waals surface area (Å²) in [6, 6.07) is 3.84. The molecule has 0 spiro atoms. The van der Waals surface area contributed by atoms with Gasteiger partial charge in [-0.2, -0.15) is 0 Å². The molecule has 1 fully saturated rings. The van der Waals surface area contributed by atoms with Crippen LogP contribution in [0.15, 0.2) is 12.1 Å². The van der Waals surface area contributed by atoms with Gasteiger partial charge in [-0.3, -0.25) is 9.59 Å². The van der Waals surface area contributed by atoms with Crippen LogP contribution < -0.4 is 14.8 Å². The van der Waals surface area contributed by atoms with Crippen molar-refractivity contribution < 1.29 is 19.1 Å². The Morgan fingerprint density at radius 3 is 2.75 bits per heavy atom. The van der Waals surface area contributed by atoms with E-state index in [0.29, 0.717) is 18.7 Å². The molecule has 0 radical (unpaired) electrons. The topological polar surface area (TPSA) is 67.9 Å². The molecule has 1 aliphatic heterocycles. The molecule has 3 rings (SSSR count). The average Bonchev–Trinajstić information content (AvgIpc) is 2.98. The second kappa shape index (κ2) is 7.11. The Kier molecular flexibility index (Phi) is 4.92. The monoisotopic (exact) mass is 332 g/mol. The van der Waals surface area contributed by atoms with Gasteiger partial charge in [0.25, 0.3) is 0 Å². The number of carbonyl (C=O) groups excluding carboxylic acids is 2. The van der Waals surface area contributed by atoms with Crippen LogP contribution in [0, 0.1) is 0 Å². The maximum atomic E-state index is 12.3. The molecule has 1 atom stereocenters. The van der Waals surface area contributed by atoms with Gasteiger partial charge in [0.15, 0.2) is 11.5 Å². The predicted octanol–water partition coefficient (Wildman–Crippen LogP) is 1.82. The van der Waals surface area contributed by atoms with Crippen molar-refractivity contribution in [2.24, 2.45) is 0 Å². The minimum atomic E-state index is -0.0992. The van der Waals surface area contributed by atoms with Crippen molar-refractivity contribution in [2.75, 3.05) is 27.3 Å². The molecule has 1 saturated heterocycles. The smallest absolute Gasteiger partial charge is 0.240 e. The minimum absolute atomic E-state index is 0.0428. The van der Waals surface area contributed by atoms with Gasteiger partial charge < -0.3 is 19.7 Å². The van der Waals surface area contributed by atoms with Gasteiger partial charge in [-0.05, 0) is 37.3 Å². The van der Waals surface area contributed by atoms with Crippen molar-refractivity contribution >= 4 is 11.8 Å². The van der Waals surface area contributed by atoms with Gasteiger partial charge in [0.2, 0.25) is 11.8 Å². The molecule has 24 heavy (non-hydrogen) atoms. The molecular weight excluding hydrogens is 308 g/mol. The molecule has 6 heteroatoms. The predicted molar refractivity (Wildman–Crippen MR) is 89.2 cm³/mol. The molecule has 1 unspecified atom stereocenters. The summed E-state index contributed by atoms with van der Waals surface area (Å²) in [6.07, 6.45) is 4.17. The Balaban J connectivity index is 1.75. The largest absolute Gasteiger partial charge is 0.493 e. The molecule has 0 aromatic heterocycles. The van der Waals surface area contributed by atoms with E-state index in [2.05, 4.69) is 5.32 Å². The van der Waals surface area contributed by atoms with Crippen molar-refractivity contribution in [2.45, 2.75) is 38.1 Å². The average molecular weight is 332 g/mol. The zero-order chi connectivity index (χ0) is 17.1. The van der Waals surface area contributed by atoms with E-state index in [1.54, 1.807) is 19.1 Å². The summed E-state index contributed by atoms with van der Waals surface area (Å²) in [5.74, 6) is 1.44.